The summed E-state index contributed by atoms with van der Waals surface area (Å²) in [5.74, 6) is -0.727. The predicted octanol–water partition coefficient (Wildman–Crippen LogP) is 5.82. The standard InChI is InChI=1S/C25H29NO4S/c1-4-5-11-24(26-31(29,30)19-9-7-6-8-10-19)22-16-23(25(27)28)21-15-13-18(17(2)3)12-14-20(21)22/h6-10,12-17,24,26H,4-5,11H2,1-3H3,(H,27,28)/t24-/m0/s1. The van der Waals surface area contributed by atoms with Gasteiger partial charge in [-0.1, -0.05) is 76.1 Å². The van der Waals surface area contributed by atoms with E-state index in [4.69, 9.17) is 0 Å². The van der Waals surface area contributed by atoms with Crippen molar-refractivity contribution in [2.75, 3.05) is 0 Å². The Bertz CT molecular complexity index is 1120. The first-order valence-corrected chi connectivity index (χ1v) is 12.1. The molecular formula is C25H29NO4S. The molecule has 0 saturated carbocycles. The summed E-state index contributed by atoms with van der Waals surface area (Å²) in [6.45, 7) is 6.21. The summed E-state index contributed by atoms with van der Waals surface area (Å²) in [6.07, 6.45) is 2.29. The Morgan fingerprint density at radius 3 is 2.23 bits per heavy atom. The highest BCUT2D eigenvalue weighted by molar-refractivity contribution is 7.89. The van der Waals surface area contributed by atoms with Crippen LogP contribution in [0.15, 0.2) is 65.6 Å². The molecule has 0 aromatic heterocycles. The first-order valence-electron chi connectivity index (χ1n) is 10.6. The van der Waals surface area contributed by atoms with Gasteiger partial charge in [0.2, 0.25) is 10.0 Å². The van der Waals surface area contributed by atoms with Crippen LogP contribution in [0, 0.1) is 0 Å². The lowest BCUT2D eigenvalue weighted by Crippen LogP contribution is -2.28. The summed E-state index contributed by atoms with van der Waals surface area (Å²) in [4.78, 5) is 12.1. The molecule has 3 rings (SSSR count). The van der Waals surface area contributed by atoms with Crippen LogP contribution in [0.3, 0.4) is 0 Å². The van der Waals surface area contributed by atoms with Crippen LogP contribution in [-0.2, 0) is 10.0 Å². The number of hydrogen-bond donors (Lipinski definition) is 2. The molecule has 0 aliphatic heterocycles. The number of aromatic carboxylic acids is 1. The van der Waals surface area contributed by atoms with Crippen LogP contribution in [-0.4, -0.2) is 19.5 Å². The number of carboxylic acids is 1. The molecule has 1 atom stereocenters. The molecule has 5 nitrogen and oxygen atoms in total. The minimum absolute atomic E-state index is 0.191. The van der Waals surface area contributed by atoms with E-state index < -0.39 is 22.0 Å². The van der Waals surface area contributed by atoms with Crippen LogP contribution >= 0.6 is 0 Å². The zero-order chi connectivity index (χ0) is 22.6. The Hall–Kier alpha value is -2.70. The van der Waals surface area contributed by atoms with Crippen molar-refractivity contribution < 1.29 is 18.3 Å². The zero-order valence-corrected chi connectivity index (χ0v) is 18.9. The molecule has 0 bridgehead atoms. The summed E-state index contributed by atoms with van der Waals surface area (Å²) in [5.41, 5.74) is 3.37. The Balaban J connectivity index is 2.12. The highest BCUT2D eigenvalue weighted by Gasteiger charge is 2.28. The SMILES string of the molecule is CCCC[C@H](NS(=O)(=O)c1ccccc1)c1cc(C(=O)O)c2ccc(C(C)C)ccc1-2. The molecule has 2 aliphatic rings. The molecule has 0 spiro atoms. The van der Waals surface area contributed by atoms with Gasteiger partial charge >= 0.3 is 5.97 Å². The van der Waals surface area contributed by atoms with Gasteiger partial charge < -0.3 is 5.11 Å². The molecule has 1 aromatic carbocycles. The summed E-state index contributed by atoms with van der Waals surface area (Å²) in [7, 11) is -3.75. The maximum atomic E-state index is 13.0. The summed E-state index contributed by atoms with van der Waals surface area (Å²) in [6, 6.07) is 17.0. The van der Waals surface area contributed by atoms with Gasteiger partial charge in [0.05, 0.1) is 10.5 Å². The molecule has 6 heteroatoms. The smallest absolute Gasteiger partial charge is 0.336 e. The molecule has 31 heavy (non-hydrogen) atoms. The van der Waals surface area contributed by atoms with Crippen molar-refractivity contribution >= 4 is 16.0 Å². The fourth-order valence-corrected chi connectivity index (χ4v) is 5.05. The average molecular weight is 440 g/mol. The van der Waals surface area contributed by atoms with Gasteiger partial charge in [-0.15, -0.1) is 0 Å². The lowest BCUT2D eigenvalue weighted by molar-refractivity contribution is 0.0698. The molecular weight excluding hydrogens is 410 g/mol. The van der Waals surface area contributed by atoms with Gasteiger partial charge in [-0.3, -0.25) is 0 Å². The molecule has 2 aliphatic carbocycles. The second kappa shape index (κ2) is 9.62. The topological polar surface area (TPSA) is 83.5 Å². The van der Waals surface area contributed by atoms with Gasteiger partial charge in [0.15, 0.2) is 0 Å². The van der Waals surface area contributed by atoms with E-state index in [1.807, 2.05) is 31.2 Å². The van der Waals surface area contributed by atoms with Gasteiger partial charge in [-0.2, -0.15) is 0 Å². The van der Waals surface area contributed by atoms with Crippen LogP contribution in [0.5, 0.6) is 0 Å². The van der Waals surface area contributed by atoms with Crippen LogP contribution in [0.4, 0.5) is 0 Å². The Morgan fingerprint density at radius 1 is 1.00 bits per heavy atom. The minimum atomic E-state index is -3.75. The van der Waals surface area contributed by atoms with E-state index in [2.05, 4.69) is 18.6 Å². The van der Waals surface area contributed by atoms with Crippen molar-refractivity contribution in [2.45, 2.75) is 56.9 Å². The van der Waals surface area contributed by atoms with E-state index in [9.17, 15) is 18.3 Å². The number of nitrogens with one attached hydrogen (secondary N) is 1. The number of hydrogen-bond acceptors (Lipinski definition) is 3. The van der Waals surface area contributed by atoms with Gasteiger partial charge in [0.1, 0.15) is 0 Å². The van der Waals surface area contributed by atoms with E-state index >= 15 is 0 Å². The van der Waals surface area contributed by atoms with Crippen molar-refractivity contribution in [3.8, 4) is 11.1 Å². The number of unbranched alkanes of at least 4 members (excludes halogenated alkanes) is 1. The normalized spacial score (nSPS) is 12.9. The van der Waals surface area contributed by atoms with Crippen LogP contribution < -0.4 is 4.72 Å². The van der Waals surface area contributed by atoms with E-state index in [-0.39, 0.29) is 10.5 Å². The van der Waals surface area contributed by atoms with Crippen molar-refractivity contribution in [1.29, 1.82) is 0 Å². The van der Waals surface area contributed by atoms with E-state index in [0.29, 0.717) is 23.5 Å². The highest BCUT2D eigenvalue weighted by Crippen LogP contribution is 2.38. The molecule has 2 N–H and O–H groups in total. The maximum Gasteiger partial charge on any atom is 0.336 e. The molecule has 0 fully saturated rings. The van der Waals surface area contributed by atoms with Gasteiger partial charge in [0, 0.05) is 6.04 Å². The third-order valence-corrected chi connectivity index (χ3v) is 7.03. The number of carboxylic acid groups (broad SMARTS) is 1. The molecule has 0 saturated heterocycles. The summed E-state index contributed by atoms with van der Waals surface area (Å²) >= 11 is 0. The number of carbonyl (C=O) groups is 1. The number of sulfonamides is 1. The lowest BCUT2D eigenvalue weighted by Gasteiger charge is -2.19. The van der Waals surface area contributed by atoms with E-state index in [0.717, 1.165) is 24.0 Å². The van der Waals surface area contributed by atoms with Crippen molar-refractivity contribution in [1.82, 2.24) is 4.72 Å². The number of benzene rings is 1. The van der Waals surface area contributed by atoms with Crippen molar-refractivity contribution in [3.63, 3.8) is 0 Å². The largest absolute Gasteiger partial charge is 0.478 e. The second-order valence-electron chi connectivity index (χ2n) is 8.10. The lowest BCUT2D eigenvalue weighted by atomic mass is 9.99. The number of rotatable bonds is 9. The minimum Gasteiger partial charge on any atom is -0.478 e. The van der Waals surface area contributed by atoms with Crippen molar-refractivity contribution in [3.05, 3.63) is 77.4 Å². The van der Waals surface area contributed by atoms with Gasteiger partial charge in [-0.05, 0) is 52.8 Å². The Labute approximate surface area is 184 Å². The number of fused-ring (bicyclic) bond motifs is 1. The van der Waals surface area contributed by atoms with Crippen LogP contribution in [0.25, 0.3) is 11.1 Å². The molecule has 164 valence electrons. The summed E-state index contributed by atoms with van der Waals surface area (Å²) < 4.78 is 28.9. The predicted molar refractivity (Wildman–Crippen MR) is 123 cm³/mol. The van der Waals surface area contributed by atoms with Crippen molar-refractivity contribution in [2.24, 2.45) is 0 Å². The monoisotopic (exact) mass is 439 g/mol. The summed E-state index contributed by atoms with van der Waals surface area (Å²) in [5, 5.41) is 9.79. The zero-order valence-electron chi connectivity index (χ0n) is 18.1. The molecule has 1 aromatic rings. The fraction of sp³-hybridized carbons (Fsp3) is 0.320. The van der Waals surface area contributed by atoms with Gasteiger partial charge in [0.25, 0.3) is 0 Å². The van der Waals surface area contributed by atoms with E-state index in [1.54, 1.807) is 36.4 Å². The quantitative estimate of drug-likeness (QED) is 0.440. The molecule has 0 unspecified atom stereocenters. The Kier molecular flexibility index (Phi) is 7.13. The maximum absolute atomic E-state index is 13.0. The van der Waals surface area contributed by atoms with Crippen LogP contribution in [0.1, 0.15) is 73.5 Å². The van der Waals surface area contributed by atoms with E-state index in [1.165, 1.54) is 0 Å². The second-order valence-corrected chi connectivity index (χ2v) is 9.81. The fourth-order valence-electron chi connectivity index (χ4n) is 3.78. The molecule has 0 amide bonds. The third-order valence-electron chi connectivity index (χ3n) is 5.55. The molecule has 0 heterocycles. The first-order chi connectivity index (χ1) is 14.7. The van der Waals surface area contributed by atoms with Crippen LogP contribution in [0.2, 0.25) is 0 Å². The first kappa shape index (κ1) is 23.0. The Morgan fingerprint density at radius 2 is 1.65 bits per heavy atom. The third kappa shape index (κ3) is 5.14. The molecule has 0 radical (unpaired) electrons. The van der Waals surface area contributed by atoms with Gasteiger partial charge in [-0.25, -0.2) is 17.9 Å². The average Bonchev–Trinajstić information content (AvgIpc) is 2.96. The highest BCUT2D eigenvalue weighted by atomic mass is 32.2.